The maximum atomic E-state index is 12.0. The molecule has 1 aliphatic carbocycles. The second kappa shape index (κ2) is 12.8. The Bertz CT molecular complexity index is 736. The van der Waals surface area contributed by atoms with Crippen LogP contribution in [0.5, 0.6) is 0 Å². The summed E-state index contributed by atoms with van der Waals surface area (Å²) in [5, 5.41) is 7.67. The number of amides is 1. The summed E-state index contributed by atoms with van der Waals surface area (Å²) in [6.07, 6.45) is 3.22. The molecule has 1 aromatic carbocycles. The van der Waals surface area contributed by atoms with Crippen LogP contribution in [0.3, 0.4) is 0 Å². The minimum absolute atomic E-state index is 0. The second-order valence-electron chi connectivity index (χ2n) is 8.30. The molecular weight excluding hydrogens is 529 g/mol. The van der Waals surface area contributed by atoms with Crippen LogP contribution < -0.4 is 10.6 Å². The number of nitrogens with one attached hydrogen (secondary N) is 2. The maximum Gasteiger partial charge on any atom is 0.243 e. The van der Waals surface area contributed by atoms with Crippen LogP contribution in [0.1, 0.15) is 24.8 Å². The highest BCUT2D eigenvalue weighted by Gasteiger charge is 2.45. The van der Waals surface area contributed by atoms with E-state index in [-0.39, 0.29) is 41.8 Å². The molecule has 2 N–H and O–H groups in total. The molecule has 1 heterocycles. The zero-order valence-corrected chi connectivity index (χ0v) is 21.6. The highest BCUT2D eigenvalue weighted by atomic mass is 127. The number of halogens is 2. The smallest absolute Gasteiger partial charge is 0.243 e. The number of nitrogens with zero attached hydrogens (tertiary/aromatic N) is 3. The number of hydrogen-bond acceptors (Lipinski definition) is 4. The van der Waals surface area contributed by atoms with Gasteiger partial charge in [0.15, 0.2) is 5.96 Å². The predicted octanol–water partition coefficient (Wildman–Crippen LogP) is 2.34. The number of morpholine rings is 1. The second-order valence-corrected chi connectivity index (χ2v) is 8.71. The van der Waals surface area contributed by atoms with Crippen molar-refractivity contribution >= 4 is 47.4 Å². The lowest BCUT2D eigenvalue weighted by molar-refractivity contribution is -0.127. The first-order valence-corrected chi connectivity index (χ1v) is 11.2. The van der Waals surface area contributed by atoms with Crippen molar-refractivity contribution < 1.29 is 9.53 Å². The number of carbonyl (C=O) groups excluding carboxylic acids is 1. The van der Waals surface area contributed by atoms with Gasteiger partial charge in [0.05, 0.1) is 13.2 Å². The van der Waals surface area contributed by atoms with Gasteiger partial charge < -0.3 is 20.3 Å². The summed E-state index contributed by atoms with van der Waals surface area (Å²) in [6.45, 7) is 6.35. The van der Waals surface area contributed by atoms with Gasteiger partial charge in [0.25, 0.3) is 0 Å². The van der Waals surface area contributed by atoms with E-state index in [1.165, 1.54) is 5.56 Å². The van der Waals surface area contributed by atoms with Crippen LogP contribution in [0.25, 0.3) is 0 Å². The van der Waals surface area contributed by atoms with E-state index in [0.717, 1.165) is 70.2 Å². The molecule has 31 heavy (non-hydrogen) atoms. The Labute approximate surface area is 207 Å². The topological polar surface area (TPSA) is 69.2 Å². The van der Waals surface area contributed by atoms with Crippen molar-refractivity contribution in [2.75, 3.05) is 66.6 Å². The van der Waals surface area contributed by atoms with Gasteiger partial charge in [-0.25, -0.2) is 4.99 Å². The largest absolute Gasteiger partial charge is 0.379 e. The molecule has 0 radical (unpaired) electrons. The zero-order valence-electron chi connectivity index (χ0n) is 18.5. The average molecular weight is 564 g/mol. The van der Waals surface area contributed by atoms with Gasteiger partial charge in [-0.05, 0) is 37.4 Å². The number of rotatable bonds is 9. The minimum Gasteiger partial charge on any atom is -0.379 e. The Morgan fingerprint density at radius 3 is 2.58 bits per heavy atom. The van der Waals surface area contributed by atoms with E-state index in [9.17, 15) is 4.79 Å². The van der Waals surface area contributed by atoms with Crippen LogP contribution in [0.4, 0.5) is 0 Å². The number of carbonyl (C=O) groups is 1. The third kappa shape index (κ3) is 8.07. The molecule has 9 heteroatoms. The fraction of sp³-hybridized carbons (Fsp3) is 0.636. The first kappa shape index (κ1) is 26.2. The first-order valence-electron chi connectivity index (χ1n) is 10.8. The van der Waals surface area contributed by atoms with E-state index in [1.54, 1.807) is 19.0 Å². The first-order chi connectivity index (χ1) is 14.5. The highest BCUT2D eigenvalue weighted by Crippen LogP contribution is 2.49. The number of aliphatic imine (C=N–C) groups is 1. The summed E-state index contributed by atoms with van der Waals surface area (Å²) >= 11 is 6.44. The maximum absolute atomic E-state index is 12.0. The van der Waals surface area contributed by atoms with Gasteiger partial charge in [-0.3, -0.25) is 9.69 Å². The average Bonchev–Trinajstić information content (AvgIpc) is 3.54. The van der Waals surface area contributed by atoms with Crippen LogP contribution in [0.15, 0.2) is 29.3 Å². The van der Waals surface area contributed by atoms with E-state index in [0.29, 0.717) is 5.96 Å². The van der Waals surface area contributed by atoms with Crippen LogP contribution >= 0.6 is 35.6 Å². The summed E-state index contributed by atoms with van der Waals surface area (Å²) in [5.74, 6) is 0.669. The SMILES string of the molecule is CN(C)C(=O)CN=C(NCCCN1CCOCC1)NCC1(c2ccccc2Cl)CC1.I. The molecule has 1 saturated carbocycles. The lowest BCUT2D eigenvalue weighted by Gasteiger charge is -2.26. The van der Waals surface area contributed by atoms with Crippen LogP contribution in [-0.2, 0) is 14.9 Å². The standard InChI is InChI=1S/C22H34ClN5O2.HI/c1-27(2)20(29)16-25-21(24-10-5-11-28-12-14-30-15-13-28)26-17-22(8-9-22)18-6-3-4-7-19(18)23;/h3-4,6-7H,5,8-17H2,1-2H3,(H2,24,25,26);1H. The number of likely N-dealkylation sites (N-methyl/N-ethyl adjacent to an activating group) is 1. The zero-order chi connectivity index (χ0) is 21.4. The van der Waals surface area contributed by atoms with E-state index < -0.39 is 0 Å². The van der Waals surface area contributed by atoms with Gasteiger partial charge in [0.2, 0.25) is 5.91 Å². The molecule has 7 nitrogen and oxygen atoms in total. The summed E-state index contributed by atoms with van der Waals surface area (Å²) in [5.41, 5.74) is 1.25. The van der Waals surface area contributed by atoms with Gasteiger partial charge in [-0.2, -0.15) is 0 Å². The summed E-state index contributed by atoms with van der Waals surface area (Å²) < 4.78 is 5.40. The Hall–Kier alpha value is -1.10. The third-order valence-electron chi connectivity index (χ3n) is 5.81. The van der Waals surface area contributed by atoms with Crippen LogP contribution in [0.2, 0.25) is 5.02 Å². The number of benzene rings is 1. The summed E-state index contributed by atoms with van der Waals surface area (Å²) in [7, 11) is 3.49. The normalized spacial score (nSPS) is 18.1. The highest BCUT2D eigenvalue weighted by molar-refractivity contribution is 14.0. The number of ether oxygens (including phenoxy) is 1. The lowest BCUT2D eigenvalue weighted by Crippen LogP contribution is -2.43. The van der Waals surface area contributed by atoms with Crippen molar-refractivity contribution in [3.8, 4) is 0 Å². The van der Waals surface area contributed by atoms with Gasteiger partial charge in [0, 0.05) is 50.7 Å². The molecule has 0 bridgehead atoms. The molecule has 0 spiro atoms. The molecule has 174 valence electrons. The monoisotopic (exact) mass is 563 g/mol. The molecule has 0 aromatic heterocycles. The van der Waals surface area contributed by atoms with Gasteiger partial charge in [-0.1, -0.05) is 29.8 Å². The lowest BCUT2D eigenvalue weighted by atomic mass is 9.96. The molecule has 3 rings (SSSR count). The van der Waals surface area contributed by atoms with Gasteiger partial charge >= 0.3 is 0 Å². The minimum atomic E-state index is -0.0170. The van der Waals surface area contributed by atoms with Crippen molar-refractivity contribution in [1.82, 2.24) is 20.4 Å². The molecule has 1 aromatic rings. The fourth-order valence-corrected chi connectivity index (χ4v) is 3.97. The number of hydrogen-bond donors (Lipinski definition) is 2. The Morgan fingerprint density at radius 1 is 1.23 bits per heavy atom. The van der Waals surface area contributed by atoms with E-state index in [4.69, 9.17) is 16.3 Å². The van der Waals surface area contributed by atoms with E-state index in [2.05, 4.69) is 26.6 Å². The van der Waals surface area contributed by atoms with Crippen molar-refractivity contribution in [3.63, 3.8) is 0 Å². The molecule has 2 fully saturated rings. The van der Waals surface area contributed by atoms with Crippen molar-refractivity contribution in [1.29, 1.82) is 0 Å². The van der Waals surface area contributed by atoms with Crippen LogP contribution in [0, 0.1) is 0 Å². The molecule has 0 unspecified atom stereocenters. The van der Waals surface area contributed by atoms with Gasteiger partial charge in [-0.15, -0.1) is 24.0 Å². The number of guanidine groups is 1. The van der Waals surface area contributed by atoms with Crippen molar-refractivity contribution in [3.05, 3.63) is 34.9 Å². The molecule has 2 aliphatic rings. The van der Waals surface area contributed by atoms with Crippen molar-refractivity contribution in [2.24, 2.45) is 4.99 Å². The summed E-state index contributed by atoms with van der Waals surface area (Å²) in [6, 6.07) is 8.06. The van der Waals surface area contributed by atoms with E-state index in [1.807, 2.05) is 18.2 Å². The summed E-state index contributed by atoms with van der Waals surface area (Å²) in [4.78, 5) is 20.5. The van der Waals surface area contributed by atoms with E-state index >= 15 is 0 Å². The molecule has 1 saturated heterocycles. The molecule has 1 aliphatic heterocycles. The fourth-order valence-electron chi connectivity index (χ4n) is 3.63. The Balaban J connectivity index is 0.00000341. The van der Waals surface area contributed by atoms with Gasteiger partial charge in [0.1, 0.15) is 6.54 Å². The Kier molecular flexibility index (Phi) is 10.8. The third-order valence-corrected chi connectivity index (χ3v) is 6.14. The quantitative estimate of drug-likeness (QED) is 0.209. The Morgan fingerprint density at radius 2 is 1.94 bits per heavy atom. The molecule has 1 amide bonds. The van der Waals surface area contributed by atoms with Crippen LogP contribution in [-0.4, -0.2) is 88.2 Å². The van der Waals surface area contributed by atoms with Crippen molar-refractivity contribution in [2.45, 2.75) is 24.7 Å². The molecular formula is C22H35ClIN5O2. The predicted molar refractivity (Wildman–Crippen MR) is 137 cm³/mol. The molecule has 0 atom stereocenters.